The van der Waals surface area contributed by atoms with Gasteiger partial charge in [-0.2, -0.15) is 4.31 Å². The van der Waals surface area contributed by atoms with E-state index in [2.05, 4.69) is 10.3 Å². The molecule has 1 aromatic heterocycles. The van der Waals surface area contributed by atoms with Gasteiger partial charge in [0, 0.05) is 47.7 Å². The average molecular weight is 514 g/mol. The molecular formula is C27H32FN3O4S. The number of halogens is 1. The third kappa shape index (κ3) is 6.02. The molecule has 1 aliphatic rings. The highest BCUT2D eigenvalue weighted by Crippen LogP contribution is 2.27. The number of carbonyl (C=O) groups is 1. The lowest BCUT2D eigenvalue weighted by molar-refractivity contribution is -0.130. The molecule has 0 radical (unpaired) electrons. The molecule has 1 saturated heterocycles. The molecule has 1 amide bonds. The first-order chi connectivity index (χ1) is 17.2. The minimum Gasteiger partial charge on any atom is -0.493 e. The van der Waals surface area contributed by atoms with Crippen molar-refractivity contribution in [1.82, 2.24) is 14.6 Å². The lowest BCUT2D eigenvalue weighted by atomic mass is 9.86. The lowest BCUT2D eigenvalue weighted by Gasteiger charge is -2.33. The molecule has 1 N–H and O–H groups in total. The zero-order valence-electron chi connectivity index (χ0n) is 20.6. The summed E-state index contributed by atoms with van der Waals surface area (Å²) in [5, 5.41) is 5.13. The van der Waals surface area contributed by atoms with Gasteiger partial charge in [-0.25, -0.2) is 12.8 Å². The average Bonchev–Trinajstić information content (AvgIpc) is 2.87. The van der Waals surface area contributed by atoms with Crippen LogP contribution in [0.15, 0.2) is 65.8 Å². The second-order valence-corrected chi connectivity index (χ2v) is 11.7. The Labute approximate surface area is 211 Å². The van der Waals surface area contributed by atoms with E-state index in [1.54, 1.807) is 12.4 Å². The standard InChI is InChI=1S/C27H32FN3O4S/c1-27(2,14-4-18-35-25-6-3-5-20-19-29-15-11-24(20)25)26(32)30-22-12-16-31(17-13-22)36(33,34)23-9-7-21(28)8-10-23/h3,5-11,15,19,22H,4,12-14,16-18H2,1-2H3,(H,30,32). The number of fused-ring (bicyclic) bond motifs is 1. The molecule has 3 aromatic rings. The minimum absolute atomic E-state index is 0.0430. The molecule has 2 heterocycles. The van der Waals surface area contributed by atoms with Gasteiger partial charge in [-0.3, -0.25) is 9.78 Å². The molecule has 9 heteroatoms. The molecule has 0 bridgehead atoms. The van der Waals surface area contributed by atoms with Crippen LogP contribution >= 0.6 is 0 Å². The smallest absolute Gasteiger partial charge is 0.243 e. The van der Waals surface area contributed by atoms with E-state index in [1.165, 1.54) is 16.4 Å². The van der Waals surface area contributed by atoms with Crippen LogP contribution in [0.25, 0.3) is 10.8 Å². The summed E-state index contributed by atoms with van der Waals surface area (Å²) in [6.07, 6.45) is 5.98. The molecule has 192 valence electrons. The molecule has 1 fully saturated rings. The topological polar surface area (TPSA) is 88.6 Å². The van der Waals surface area contributed by atoms with Crippen molar-refractivity contribution in [1.29, 1.82) is 0 Å². The molecule has 4 rings (SSSR count). The maximum atomic E-state index is 13.2. The van der Waals surface area contributed by atoms with Crippen LogP contribution in [0.3, 0.4) is 0 Å². The van der Waals surface area contributed by atoms with Crippen LogP contribution in [0.4, 0.5) is 4.39 Å². The van der Waals surface area contributed by atoms with Gasteiger partial charge in [0.05, 0.1) is 11.5 Å². The first kappa shape index (κ1) is 26.0. The van der Waals surface area contributed by atoms with Crippen molar-refractivity contribution in [2.45, 2.75) is 50.5 Å². The van der Waals surface area contributed by atoms with Crippen molar-refractivity contribution in [2.24, 2.45) is 5.41 Å². The highest BCUT2D eigenvalue weighted by molar-refractivity contribution is 7.89. The number of aromatic nitrogens is 1. The molecule has 36 heavy (non-hydrogen) atoms. The van der Waals surface area contributed by atoms with Crippen molar-refractivity contribution in [2.75, 3.05) is 19.7 Å². The van der Waals surface area contributed by atoms with Crippen LogP contribution in [-0.4, -0.2) is 49.4 Å². The van der Waals surface area contributed by atoms with E-state index < -0.39 is 21.3 Å². The van der Waals surface area contributed by atoms with Crippen LogP contribution in [0.5, 0.6) is 5.75 Å². The minimum atomic E-state index is -3.67. The number of amides is 1. The van der Waals surface area contributed by atoms with Crippen LogP contribution in [0.2, 0.25) is 0 Å². The monoisotopic (exact) mass is 513 g/mol. The number of hydrogen-bond acceptors (Lipinski definition) is 5. The normalized spacial score (nSPS) is 15.6. The summed E-state index contributed by atoms with van der Waals surface area (Å²) >= 11 is 0. The van der Waals surface area contributed by atoms with Crippen molar-refractivity contribution in [3.63, 3.8) is 0 Å². The number of nitrogens with zero attached hydrogens (tertiary/aromatic N) is 2. The number of carbonyl (C=O) groups excluding carboxylic acids is 1. The van der Waals surface area contributed by atoms with Crippen molar-refractivity contribution < 1.29 is 22.3 Å². The van der Waals surface area contributed by atoms with Crippen LogP contribution in [0, 0.1) is 11.2 Å². The van der Waals surface area contributed by atoms with Crippen LogP contribution in [0.1, 0.15) is 39.5 Å². The van der Waals surface area contributed by atoms with E-state index in [9.17, 15) is 17.6 Å². The predicted molar refractivity (Wildman–Crippen MR) is 137 cm³/mol. The van der Waals surface area contributed by atoms with Crippen molar-refractivity contribution in [3.8, 4) is 5.75 Å². The Balaban J connectivity index is 1.24. The predicted octanol–water partition coefficient (Wildman–Crippen LogP) is 4.53. The number of piperidine rings is 1. The fourth-order valence-corrected chi connectivity index (χ4v) is 5.88. The third-order valence-electron chi connectivity index (χ3n) is 6.70. The quantitative estimate of drug-likeness (QED) is 0.425. The molecular weight excluding hydrogens is 481 g/mol. The molecule has 0 spiro atoms. The summed E-state index contributed by atoms with van der Waals surface area (Å²) in [4.78, 5) is 17.2. The first-order valence-corrected chi connectivity index (χ1v) is 13.6. The summed E-state index contributed by atoms with van der Waals surface area (Å²) in [7, 11) is -3.67. The summed E-state index contributed by atoms with van der Waals surface area (Å²) in [5.41, 5.74) is -0.580. The molecule has 0 atom stereocenters. The number of pyridine rings is 1. The van der Waals surface area contributed by atoms with Gasteiger partial charge in [-0.15, -0.1) is 0 Å². The highest BCUT2D eigenvalue weighted by Gasteiger charge is 2.33. The zero-order valence-corrected chi connectivity index (χ0v) is 21.4. The Hall–Kier alpha value is -3.04. The zero-order chi connectivity index (χ0) is 25.8. The largest absolute Gasteiger partial charge is 0.493 e. The third-order valence-corrected chi connectivity index (χ3v) is 8.61. The fourth-order valence-electron chi connectivity index (χ4n) is 4.41. The number of nitrogens with one attached hydrogen (secondary N) is 1. The van der Waals surface area contributed by atoms with E-state index in [4.69, 9.17) is 4.74 Å². The van der Waals surface area contributed by atoms with Crippen LogP contribution < -0.4 is 10.1 Å². The highest BCUT2D eigenvalue weighted by atomic mass is 32.2. The van der Waals surface area contributed by atoms with Gasteiger partial charge in [0.2, 0.25) is 15.9 Å². The molecule has 0 unspecified atom stereocenters. The fraction of sp³-hybridized carbons (Fsp3) is 0.407. The maximum Gasteiger partial charge on any atom is 0.243 e. The lowest BCUT2D eigenvalue weighted by Crippen LogP contribution is -2.49. The van der Waals surface area contributed by atoms with Gasteiger partial charge in [-0.1, -0.05) is 26.0 Å². The van der Waals surface area contributed by atoms with Crippen molar-refractivity contribution >= 4 is 26.7 Å². The number of rotatable bonds is 9. The van der Waals surface area contributed by atoms with E-state index in [-0.39, 0.29) is 16.8 Å². The van der Waals surface area contributed by atoms with E-state index in [0.717, 1.165) is 35.1 Å². The number of benzene rings is 2. The Morgan fingerprint density at radius 2 is 1.86 bits per heavy atom. The van der Waals surface area contributed by atoms with Gasteiger partial charge >= 0.3 is 0 Å². The Morgan fingerprint density at radius 3 is 2.58 bits per heavy atom. The van der Waals surface area contributed by atoms with Crippen molar-refractivity contribution in [3.05, 3.63) is 66.7 Å². The summed E-state index contributed by atoms with van der Waals surface area (Å²) in [6, 6.07) is 12.6. The maximum absolute atomic E-state index is 13.2. The SMILES string of the molecule is CC(C)(CCCOc1cccc2cnccc12)C(=O)NC1CCN(S(=O)(=O)c2ccc(F)cc2)CC1. The molecule has 2 aromatic carbocycles. The van der Waals surface area contributed by atoms with E-state index in [1.807, 2.05) is 38.1 Å². The van der Waals surface area contributed by atoms with E-state index in [0.29, 0.717) is 39.0 Å². The summed E-state index contributed by atoms with van der Waals surface area (Å²) in [5.74, 6) is 0.286. The first-order valence-electron chi connectivity index (χ1n) is 12.2. The molecule has 1 aliphatic heterocycles. The Bertz CT molecular complexity index is 1300. The van der Waals surface area contributed by atoms with Gasteiger partial charge in [0.25, 0.3) is 0 Å². The van der Waals surface area contributed by atoms with Gasteiger partial charge in [-0.05, 0) is 62.1 Å². The number of hydrogen-bond donors (Lipinski definition) is 1. The Kier molecular flexibility index (Phi) is 7.90. The summed E-state index contributed by atoms with van der Waals surface area (Å²) < 4.78 is 46.2. The molecule has 0 saturated carbocycles. The number of ether oxygens (including phenoxy) is 1. The number of sulfonamides is 1. The van der Waals surface area contributed by atoms with E-state index >= 15 is 0 Å². The molecule has 0 aliphatic carbocycles. The second kappa shape index (κ2) is 10.9. The molecule has 7 nitrogen and oxygen atoms in total. The van der Waals surface area contributed by atoms with Gasteiger partial charge < -0.3 is 10.1 Å². The van der Waals surface area contributed by atoms with Gasteiger partial charge in [0.1, 0.15) is 11.6 Å². The van der Waals surface area contributed by atoms with Crippen LogP contribution in [-0.2, 0) is 14.8 Å². The Morgan fingerprint density at radius 1 is 1.14 bits per heavy atom. The second-order valence-electron chi connectivity index (χ2n) is 9.79. The summed E-state index contributed by atoms with van der Waals surface area (Å²) in [6.45, 7) is 4.94. The van der Waals surface area contributed by atoms with Gasteiger partial charge in [0.15, 0.2) is 0 Å².